The molecule has 0 spiro atoms. The Labute approximate surface area is 130 Å². The maximum absolute atomic E-state index is 13.5. The summed E-state index contributed by atoms with van der Waals surface area (Å²) >= 11 is 5.00. The van der Waals surface area contributed by atoms with Gasteiger partial charge in [0.05, 0.1) is 6.54 Å². The van der Waals surface area contributed by atoms with Gasteiger partial charge in [-0.3, -0.25) is 9.69 Å². The third kappa shape index (κ3) is 5.40. The summed E-state index contributed by atoms with van der Waals surface area (Å²) in [6.07, 6.45) is 0.901. The number of benzene rings is 1. The van der Waals surface area contributed by atoms with E-state index >= 15 is 0 Å². The molecule has 1 aromatic rings. The van der Waals surface area contributed by atoms with Gasteiger partial charge >= 0.3 is 0 Å². The van der Waals surface area contributed by atoms with Gasteiger partial charge < -0.3 is 10.6 Å². The highest BCUT2D eigenvalue weighted by Crippen LogP contribution is 2.14. The third-order valence-electron chi connectivity index (χ3n) is 3.12. The van der Waals surface area contributed by atoms with Gasteiger partial charge in [0.1, 0.15) is 10.8 Å². The summed E-state index contributed by atoms with van der Waals surface area (Å²) in [6, 6.07) is 4.36. The van der Waals surface area contributed by atoms with Crippen LogP contribution in [-0.4, -0.2) is 47.9 Å². The quantitative estimate of drug-likeness (QED) is 0.780. The SMILES string of the molecule is CCCN(CC(=O)N(C)C)Cc1cc(F)ccc1C(N)=S. The maximum Gasteiger partial charge on any atom is 0.236 e. The zero-order valence-electron chi connectivity index (χ0n) is 12.7. The second-order valence-corrected chi connectivity index (χ2v) is 5.60. The molecule has 0 radical (unpaired) electrons. The van der Waals surface area contributed by atoms with E-state index in [-0.39, 0.29) is 23.3 Å². The Morgan fingerprint density at radius 3 is 2.57 bits per heavy atom. The van der Waals surface area contributed by atoms with Gasteiger partial charge in [0, 0.05) is 26.2 Å². The Morgan fingerprint density at radius 1 is 1.38 bits per heavy atom. The number of carbonyl (C=O) groups excluding carboxylic acids is 1. The average Bonchev–Trinajstić information content (AvgIpc) is 2.38. The molecule has 1 amide bonds. The highest BCUT2D eigenvalue weighted by molar-refractivity contribution is 7.80. The molecule has 1 rings (SSSR count). The molecule has 0 aromatic heterocycles. The van der Waals surface area contributed by atoms with E-state index in [1.807, 2.05) is 11.8 Å². The van der Waals surface area contributed by atoms with E-state index in [4.69, 9.17) is 18.0 Å². The molecule has 1 aromatic carbocycles. The Hall–Kier alpha value is -1.53. The summed E-state index contributed by atoms with van der Waals surface area (Å²) in [5.41, 5.74) is 7.05. The summed E-state index contributed by atoms with van der Waals surface area (Å²) in [4.78, 5) is 15.6. The number of nitrogens with zero attached hydrogens (tertiary/aromatic N) is 2. The first-order valence-electron chi connectivity index (χ1n) is 6.85. The highest BCUT2D eigenvalue weighted by Gasteiger charge is 2.15. The van der Waals surface area contributed by atoms with Crippen molar-refractivity contribution < 1.29 is 9.18 Å². The van der Waals surface area contributed by atoms with Crippen LogP contribution in [0.1, 0.15) is 24.5 Å². The Morgan fingerprint density at radius 2 is 2.05 bits per heavy atom. The van der Waals surface area contributed by atoms with Gasteiger partial charge in [0.2, 0.25) is 5.91 Å². The maximum atomic E-state index is 13.5. The van der Waals surface area contributed by atoms with E-state index < -0.39 is 0 Å². The number of nitrogens with two attached hydrogens (primary N) is 1. The Bertz CT molecular complexity index is 520. The van der Waals surface area contributed by atoms with Crippen LogP contribution in [0.2, 0.25) is 0 Å². The largest absolute Gasteiger partial charge is 0.389 e. The molecular formula is C15H22FN3OS. The normalized spacial score (nSPS) is 10.7. The summed E-state index contributed by atoms with van der Waals surface area (Å²) in [5.74, 6) is -0.322. The van der Waals surface area contributed by atoms with Gasteiger partial charge in [-0.05, 0) is 36.7 Å². The highest BCUT2D eigenvalue weighted by atomic mass is 32.1. The zero-order chi connectivity index (χ0) is 16.0. The van der Waals surface area contributed by atoms with Crippen LogP contribution in [0.25, 0.3) is 0 Å². The topological polar surface area (TPSA) is 49.6 Å². The predicted octanol–water partition coefficient (Wildman–Crippen LogP) is 1.76. The van der Waals surface area contributed by atoms with Crippen molar-refractivity contribution in [2.75, 3.05) is 27.2 Å². The van der Waals surface area contributed by atoms with Gasteiger partial charge in [0.25, 0.3) is 0 Å². The van der Waals surface area contributed by atoms with Crippen molar-refractivity contribution in [3.63, 3.8) is 0 Å². The van der Waals surface area contributed by atoms with Crippen LogP contribution in [0.4, 0.5) is 4.39 Å². The molecule has 2 N–H and O–H groups in total. The third-order valence-corrected chi connectivity index (χ3v) is 3.34. The van der Waals surface area contributed by atoms with E-state index in [9.17, 15) is 9.18 Å². The van der Waals surface area contributed by atoms with E-state index in [1.165, 1.54) is 12.1 Å². The number of likely N-dealkylation sites (N-methyl/N-ethyl adjacent to an activating group) is 1. The first-order chi connectivity index (χ1) is 9.85. The number of amides is 1. The Balaban J connectivity index is 2.95. The fourth-order valence-electron chi connectivity index (χ4n) is 2.04. The average molecular weight is 311 g/mol. The first-order valence-corrected chi connectivity index (χ1v) is 7.26. The summed E-state index contributed by atoms with van der Waals surface area (Å²) in [5, 5.41) is 0. The van der Waals surface area contributed by atoms with Crippen LogP contribution in [0.3, 0.4) is 0 Å². The second kappa shape index (κ2) is 8.05. The summed E-state index contributed by atoms with van der Waals surface area (Å²) in [7, 11) is 3.43. The molecule has 0 atom stereocenters. The molecule has 21 heavy (non-hydrogen) atoms. The fraction of sp³-hybridized carbons (Fsp3) is 0.467. The molecule has 0 saturated carbocycles. The molecule has 6 heteroatoms. The molecule has 0 aliphatic carbocycles. The van der Waals surface area contributed by atoms with E-state index in [0.29, 0.717) is 17.7 Å². The van der Waals surface area contributed by atoms with Crippen LogP contribution in [0, 0.1) is 5.82 Å². The minimum atomic E-state index is -0.333. The van der Waals surface area contributed by atoms with Gasteiger partial charge in [0.15, 0.2) is 0 Å². The van der Waals surface area contributed by atoms with Crippen molar-refractivity contribution in [2.24, 2.45) is 5.73 Å². The van der Waals surface area contributed by atoms with E-state index in [2.05, 4.69) is 0 Å². The molecule has 0 aliphatic heterocycles. The number of carbonyl (C=O) groups is 1. The van der Waals surface area contributed by atoms with Crippen molar-refractivity contribution in [1.29, 1.82) is 0 Å². The molecule has 4 nitrogen and oxygen atoms in total. The molecule has 0 aliphatic rings. The van der Waals surface area contributed by atoms with Crippen molar-refractivity contribution >= 4 is 23.1 Å². The first kappa shape index (κ1) is 17.5. The lowest BCUT2D eigenvalue weighted by Gasteiger charge is -2.24. The van der Waals surface area contributed by atoms with Gasteiger partial charge in [-0.1, -0.05) is 19.1 Å². The molecular weight excluding hydrogens is 289 g/mol. The van der Waals surface area contributed by atoms with Crippen LogP contribution < -0.4 is 5.73 Å². The van der Waals surface area contributed by atoms with Crippen LogP contribution in [-0.2, 0) is 11.3 Å². The van der Waals surface area contributed by atoms with Crippen molar-refractivity contribution in [1.82, 2.24) is 9.80 Å². The van der Waals surface area contributed by atoms with E-state index in [1.54, 1.807) is 25.1 Å². The number of halogens is 1. The smallest absolute Gasteiger partial charge is 0.236 e. The number of rotatable bonds is 7. The number of hydrogen-bond acceptors (Lipinski definition) is 3. The lowest BCUT2D eigenvalue weighted by Crippen LogP contribution is -2.37. The van der Waals surface area contributed by atoms with Crippen molar-refractivity contribution in [2.45, 2.75) is 19.9 Å². The lowest BCUT2D eigenvalue weighted by molar-refractivity contribution is -0.130. The van der Waals surface area contributed by atoms with Crippen molar-refractivity contribution in [3.05, 3.63) is 35.1 Å². The molecule has 0 bridgehead atoms. The predicted molar refractivity (Wildman–Crippen MR) is 86.5 cm³/mol. The number of hydrogen-bond donors (Lipinski definition) is 1. The van der Waals surface area contributed by atoms with Crippen LogP contribution in [0.15, 0.2) is 18.2 Å². The van der Waals surface area contributed by atoms with Gasteiger partial charge in [-0.2, -0.15) is 0 Å². The van der Waals surface area contributed by atoms with Crippen molar-refractivity contribution in [3.8, 4) is 0 Å². The zero-order valence-corrected chi connectivity index (χ0v) is 13.5. The molecule has 0 fully saturated rings. The number of thiocarbonyl (C=S) groups is 1. The molecule has 116 valence electrons. The molecule has 0 saturated heterocycles. The molecule has 0 heterocycles. The van der Waals surface area contributed by atoms with Crippen LogP contribution in [0.5, 0.6) is 0 Å². The minimum Gasteiger partial charge on any atom is -0.389 e. The lowest BCUT2D eigenvalue weighted by atomic mass is 10.1. The van der Waals surface area contributed by atoms with Crippen LogP contribution >= 0.6 is 12.2 Å². The summed E-state index contributed by atoms with van der Waals surface area (Å²) in [6.45, 7) is 3.51. The van der Waals surface area contributed by atoms with E-state index in [0.717, 1.165) is 13.0 Å². The second-order valence-electron chi connectivity index (χ2n) is 5.16. The summed E-state index contributed by atoms with van der Waals surface area (Å²) < 4.78 is 13.5. The minimum absolute atomic E-state index is 0.0109. The fourth-order valence-corrected chi connectivity index (χ4v) is 2.24. The standard InChI is InChI=1S/C15H22FN3OS/c1-4-7-19(10-14(20)18(2)3)9-11-8-12(16)5-6-13(11)15(17)21/h5-6,8H,4,7,9-10H2,1-3H3,(H2,17,21). The Kier molecular flexibility index (Phi) is 6.71. The van der Waals surface area contributed by atoms with Gasteiger partial charge in [-0.15, -0.1) is 0 Å². The monoisotopic (exact) mass is 311 g/mol. The molecule has 0 unspecified atom stereocenters. The van der Waals surface area contributed by atoms with Gasteiger partial charge in [-0.25, -0.2) is 4.39 Å².